The van der Waals surface area contributed by atoms with Gasteiger partial charge in [-0.3, -0.25) is 0 Å². The minimum atomic E-state index is -1.09. The first-order chi connectivity index (χ1) is 14.1. The molecule has 0 saturated heterocycles. The van der Waals surface area contributed by atoms with Gasteiger partial charge in [-0.25, -0.2) is 0 Å². The molecule has 2 heteroatoms. The van der Waals surface area contributed by atoms with Gasteiger partial charge in [-0.1, -0.05) is 82.0 Å². The van der Waals surface area contributed by atoms with Gasteiger partial charge in [0.15, 0.2) is 0 Å². The third kappa shape index (κ3) is 5.72. The van der Waals surface area contributed by atoms with Crippen molar-refractivity contribution in [1.29, 1.82) is 0 Å². The van der Waals surface area contributed by atoms with Crippen molar-refractivity contribution >= 4 is 5.97 Å². The Labute approximate surface area is 176 Å². The molecule has 0 amide bonds. The number of hydrogen-bond acceptors (Lipinski definition) is 2. The smallest absolute Gasteiger partial charge is 0.0721 e. The van der Waals surface area contributed by atoms with Crippen LogP contribution in [0.5, 0.6) is 0 Å². The highest BCUT2D eigenvalue weighted by Gasteiger charge is 2.22. The second-order valence-corrected chi connectivity index (χ2v) is 8.75. The maximum Gasteiger partial charge on any atom is 0.0721 e. The van der Waals surface area contributed by atoms with Crippen molar-refractivity contribution in [3.05, 3.63) is 59.2 Å². The number of aryl methyl sites for hydroxylation is 1. The lowest BCUT2D eigenvalue weighted by atomic mass is 9.76. The van der Waals surface area contributed by atoms with Crippen molar-refractivity contribution in [2.45, 2.75) is 84.0 Å². The number of carboxylic acid groups (broad SMARTS) is 1. The van der Waals surface area contributed by atoms with Crippen LogP contribution in [0, 0.1) is 5.92 Å². The summed E-state index contributed by atoms with van der Waals surface area (Å²) in [5.41, 5.74) is 4.69. The third-order valence-corrected chi connectivity index (χ3v) is 6.61. The standard InChI is InChI=1S/C27H36O2/c1-3-5-6-8-21-11-15-23(16-12-21)26-19-24(17-18-25(26)27(28)29)22-13-9-20(7-4-2)10-14-22/h11-12,15-20,22H,3-10,13-14H2,1-2H3,(H,28,29)/p-1. The van der Waals surface area contributed by atoms with Crippen LogP contribution in [-0.2, 0) is 6.42 Å². The van der Waals surface area contributed by atoms with Gasteiger partial charge in [0.1, 0.15) is 0 Å². The Hall–Kier alpha value is -2.09. The van der Waals surface area contributed by atoms with E-state index >= 15 is 0 Å². The first-order valence-electron chi connectivity index (χ1n) is 11.6. The molecule has 3 rings (SSSR count). The van der Waals surface area contributed by atoms with Crippen molar-refractivity contribution in [2.75, 3.05) is 0 Å². The molecule has 0 bridgehead atoms. The predicted octanol–water partition coefficient (Wildman–Crippen LogP) is 6.52. The van der Waals surface area contributed by atoms with Crippen LogP contribution in [-0.4, -0.2) is 5.97 Å². The van der Waals surface area contributed by atoms with Gasteiger partial charge >= 0.3 is 0 Å². The van der Waals surface area contributed by atoms with Crippen molar-refractivity contribution < 1.29 is 9.90 Å². The van der Waals surface area contributed by atoms with Gasteiger partial charge in [-0.2, -0.15) is 0 Å². The molecule has 0 radical (unpaired) electrons. The number of hydrogen-bond donors (Lipinski definition) is 0. The van der Waals surface area contributed by atoms with Crippen LogP contribution < -0.4 is 5.11 Å². The Morgan fingerprint density at radius 2 is 1.66 bits per heavy atom. The van der Waals surface area contributed by atoms with Crippen LogP contribution in [0.1, 0.15) is 99.0 Å². The summed E-state index contributed by atoms with van der Waals surface area (Å²) < 4.78 is 0. The molecule has 1 fully saturated rings. The van der Waals surface area contributed by atoms with E-state index in [9.17, 15) is 9.90 Å². The topological polar surface area (TPSA) is 40.1 Å². The van der Waals surface area contributed by atoms with E-state index in [0.29, 0.717) is 11.5 Å². The fraction of sp³-hybridized carbons (Fsp3) is 0.519. The zero-order chi connectivity index (χ0) is 20.6. The molecule has 0 atom stereocenters. The molecule has 0 unspecified atom stereocenters. The summed E-state index contributed by atoms with van der Waals surface area (Å²) in [4.78, 5) is 11.7. The molecule has 1 aliphatic carbocycles. The van der Waals surface area contributed by atoms with E-state index < -0.39 is 5.97 Å². The molecule has 29 heavy (non-hydrogen) atoms. The number of unbranched alkanes of at least 4 members (excludes halogenated alkanes) is 2. The van der Waals surface area contributed by atoms with E-state index in [2.05, 4.69) is 44.2 Å². The third-order valence-electron chi connectivity index (χ3n) is 6.61. The Morgan fingerprint density at radius 1 is 0.931 bits per heavy atom. The van der Waals surface area contributed by atoms with Gasteiger partial charge in [0.2, 0.25) is 0 Å². The van der Waals surface area contributed by atoms with Crippen LogP contribution in [0.4, 0.5) is 0 Å². The van der Waals surface area contributed by atoms with Gasteiger partial charge in [0.25, 0.3) is 0 Å². The lowest BCUT2D eigenvalue weighted by molar-refractivity contribution is -0.254. The number of carbonyl (C=O) groups excluding carboxylic acids is 1. The van der Waals surface area contributed by atoms with Crippen molar-refractivity contribution in [3.8, 4) is 11.1 Å². The molecule has 2 aromatic rings. The average molecular weight is 392 g/mol. The van der Waals surface area contributed by atoms with Crippen LogP contribution in [0.2, 0.25) is 0 Å². The molecular formula is C27H35O2-. The number of carbonyl (C=O) groups is 1. The molecule has 0 aliphatic heterocycles. The fourth-order valence-electron chi connectivity index (χ4n) is 4.86. The molecule has 0 aromatic heterocycles. The fourth-order valence-corrected chi connectivity index (χ4v) is 4.86. The maximum absolute atomic E-state index is 11.7. The van der Waals surface area contributed by atoms with E-state index in [4.69, 9.17) is 0 Å². The Morgan fingerprint density at radius 3 is 2.28 bits per heavy atom. The maximum atomic E-state index is 11.7. The van der Waals surface area contributed by atoms with Crippen LogP contribution in [0.25, 0.3) is 11.1 Å². The first-order valence-corrected chi connectivity index (χ1v) is 11.6. The van der Waals surface area contributed by atoms with E-state index in [-0.39, 0.29) is 0 Å². The highest BCUT2D eigenvalue weighted by atomic mass is 16.4. The lowest BCUT2D eigenvalue weighted by Crippen LogP contribution is -2.23. The van der Waals surface area contributed by atoms with Crippen molar-refractivity contribution in [3.63, 3.8) is 0 Å². The number of carboxylic acids is 1. The Balaban J connectivity index is 1.80. The molecule has 1 saturated carbocycles. The SMILES string of the molecule is CCCCCc1ccc(-c2cc(C3CCC(CCC)CC3)ccc2C(=O)[O-])cc1. The van der Waals surface area contributed by atoms with Crippen molar-refractivity contribution in [1.82, 2.24) is 0 Å². The first kappa shape index (κ1) is 21.6. The number of benzene rings is 2. The second kappa shape index (κ2) is 10.6. The van der Waals surface area contributed by atoms with Gasteiger partial charge in [-0.15, -0.1) is 0 Å². The van der Waals surface area contributed by atoms with Crippen LogP contribution in [0.15, 0.2) is 42.5 Å². The monoisotopic (exact) mass is 391 g/mol. The Bertz CT molecular complexity index is 783. The van der Waals surface area contributed by atoms with Crippen molar-refractivity contribution in [2.24, 2.45) is 5.92 Å². The largest absolute Gasteiger partial charge is 0.545 e. The van der Waals surface area contributed by atoms with Crippen LogP contribution in [0.3, 0.4) is 0 Å². The average Bonchev–Trinajstić information content (AvgIpc) is 2.75. The molecule has 2 aromatic carbocycles. The zero-order valence-electron chi connectivity index (χ0n) is 18.1. The van der Waals surface area contributed by atoms with E-state index in [1.54, 1.807) is 6.07 Å². The molecule has 0 N–H and O–H groups in total. The predicted molar refractivity (Wildman–Crippen MR) is 119 cm³/mol. The quantitative estimate of drug-likeness (QED) is 0.456. The van der Waals surface area contributed by atoms with Gasteiger partial charge in [0.05, 0.1) is 5.97 Å². The second-order valence-electron chi connectivity index (χ2n) is 8.75. The molecule has 0 heterocycles. The summed E-state index contributed by atoms with van der Waals surface area (Å²) in [6, 6.07) is 14.3. The molecular weight excluding hydrogens is 356 g/mol. The number of aromatic carboxylic acids is 1. The van der Waals surface area contributed by atoms with Gasteiger partial charge in [-0.05, 0) is 72.6 Å². The van der Waals surface area contributed by atoms with E-state index in [0.717, 1.165) is 23.5 Å². The molecule has 0 spiro atoms. The highest BCUT2D eigenvalue weighted by Crippen LogP contribution is 2.39. The molecule has 2 nitrogen and oxygen atoms in total. The highest BCUT2D eigenvalue weighted by molar-refractivity contribution is 5.95. The summed E-state index contributed by atoms with van der Waals surface area (Å²) in [7, 11) is 0. The van der Waals surface area contributed by atoms with Crippen LogP contribution >= 0.6 is 0 Å². The van der Waals surface area contributed by atoms with E-state index in [1.807, 2.05) is 6.07 Å². The molecule has 1 aliphatic rings. The van der Waals surface area contributed by atoms with Gasteiger partial charge in [0, 0.05) is 5.56 Å². The zero-order valence-corrected chi connectivity index (χ0v) is 18.1. The number of rotatable bonds is 9. The minimum absolute atomic E-state index is 0.298. The Kier molecular flexibility index (Phi) is 7.91. The van der Waals surface area contributed by atoms with Gasteiger partial charge < -0.3 is 9.90 Å². The summed E-state index contributed by atoms with van der Waals surface area (Å²) in [6.45, 7) is 4.49. The summed E-state index contributed by atoms with van der Waals surface area (Å²) in [6.07, 6.45) is 12.4. The summed E-state index contributed by atoms with van der Waals surface area (Å²) in [5.74, 6) is 0.328. The summed E-state index contributed by atoms with van der Waals surface area (Å²) in [5, 5.41) is 11.7. The summed E-state index contributed by atoms with van der Waals surface area (Å²) >= 11 is 0. The lowest BCUT2D eigenvalue weighted by Gasteiger charge is -2.29. The minimum Gasteiger partial charge on any atom is -0.545 e. The normalized spacial score (nSPS) is 19.2. The van der Waals surface area contributed by atoms with E-state index in [1.165, 1.54) is 68.9 Å². The molecule has 156 valence electrons.